The second kappa shape index (κ2) is 12.0. The van der Waals surface area contributed by atoms with Crippen molar-refractivity contribution in [1.29, 1.82) is 0 Å². The minimum absolute atomic E-state index is 0.0324. The third-order valence-electron chi connectivity index (χ3n) is 8.99. The number of fused-ring (bicyclic) bond motifs is 1. The van der Waals surface area contributed by atoms with E-state index in [2.05, 4.69) is 0 Å². The van der Waals surface area contributed by atoms with Crippen LogP contribution in [0.2, 0.25) is 0 Å². The molecule has 8 atom stereocenters. The topological polar surface area (TPSA) is 161 Å². The van der Waals surface area contributed by atoms with Crippen molar-refractivity contribution < 1.29 is 57.5 Å². The van der Waals surface area contributed by atoms with Crippen LogP contribution in [0.5, 0.6) is 0 Å². The molecule has 3 aliphatic rings. The van der Waals surface area contributed by atoms with Gasteiger partial charge < -0.3 is 33.5 Å². The molecule has 0 amide bonds. The number of esters is 5. The van der Waals surface area contributed by atoms with E-state index in [4.69, 9.17) is 28.4 Å². The number of ether oxygens (including phenoxy) is 6. The van der Waals surface area contributed by atoms with Crippen molar-refractivity contribution in [3.05, 3.63) is 42.0 Å². The lowest BCUT2D eigenvalue weighted by atomic mass is 9.47. The second-order valence-corrected chi connectivity index (χ2v) is 12.5. The zero-order chi connectivity index (χ0) is 32.7. The van der Waals surface area contributed by atoms with E-state index in [9.17, 15) is 29.1 Å². The fraction of sp³-hybridized carbons (Fsp3) is 0.594. The molecule has 0 unspecified atom stereocenters. The molecular weight excluding hydrogens is 576 g/mol. The van der Waals surface area contributed by atoms with Crippen molar-refractivity contribution in [2.24, 2.45) is 11.3 Å². The van der Waals surface area contributed by atoms with Crippen LogP contribution in [-0.4, -0.2) is 82.8 Å². The highest BCUT2D eigenvalue weighted by Crippen LogP contribution is 2.68. The van der Waals surface area contributed by atoms with Gasteiger partial charge in [0, 0.05) is 46.1 Å². The van der Waals surface area contributed by atoms with Gasteiger partial charge in [-0.25, -0.2) is 4.79 Å². The van der Waals surface area contributed by atoms with E-state index >= 15 is 0 Å². The summed E-state index contributed by atoms with van der Waals surface area (Å²) in [5.41, 5.74) is -5.87. The zero-order valence-electron chi connectivity index (χ0n) is 26.0. The largest absolute Gasteiger partial charge is 0.465 e. The zero-order valence-corrected chi connectivity index (χ0v) is 26.0. The molecule has 44 heavy (non-hydrogen) atoms. The van der Waals surface area contributed by atoms with Crippen LogP contribution in [0.3, 0.4) is 0 Å². The molecule has 1 heterocycles. The van der Waals surface area contributed by atoms with Crippen LogP contribution < -0.4 is 0 Å². The van der Waals surface area contributed by atoms with Crippen molar-refractivity contribution in [2.75, 3.05) is 6.61 Å². The molecule has 3 fully saturated rings. The normalized spacial score (nSPS) is 35.2. The first-order valence-electron chi connectivity index (χ1n) is 14.5. The molecule has 1 aromatic rings. The maximum absolute atomic E-state index is 13.5. The van der Waals surface area contributed by atoms with Gasteiger partial charge in [-0.1, -0.05) is 30.3 Å². The standard InChI is InChI=1S/C32H40O12/c1-18(33)39-17-31-27(43-25(37)14-13-22-11-9-8-10-12-22)24(40-19(2)34)16-30(7,38)32(31)15-23(29(5,6)44-32)26(41-20(3)35)28(31)42-21(4)36/h8-14,23-24,26-28,38H,15-17H2,1-7H3/b14-13-/t23-,24-,26-,27-,28+,30-,31-,32-/m0/s1. The fourth-order valence-electron chi connectivity index (χ4n) is 7.45. The van der Waals surface area contributed by atoms with Gasteiger partial charge in [0.1, 0.15) is 29.8 Å². The monoisotopic (exact) mass is 616 g/mol. The van der Waals surface area contributed by atoms with Crippen molar-refractivity contribution in [3.63, 3.8) is 0 Å². The summed E-state index contributed by atoms with van der Waals surface area (Å²) in [5, 5.41) is 12.3. The molecule has 2 bridgehead atoms. The Morgan fingerprint density at radius 3 is 2.02 bits per heavy atom. The maximum atomic E-state index is 13.5. The van der Waals surface area contributed by atoms with Crippen LogP contribution in [0, 0.1) is 11.3 Å². The van der Waals surface area contributed by atoms with Crippen LogP contribution in [0.4, 0.5) is 0 Å². The lowest BCUT2D eigenvalue weighted by Gasteiger charge is -2.65. The van der Waals surface area contributed by atoms with Crippen molar-refractivity contribution >= 4 is 35.9 Å². The third-order valence-corrected chi connectivity index (χ3v) is 8.99. The highest BCUT2D eigenvalue weighted by atomic mass is 16.6. The molecule has 1 aliphatic heterocycles. The summed E-state index contributed by atoms with van der Waals surface area (Å²) in [4.78, 5) is 63.4. The van der Waals surface area contributed by atoms with Crippen LogP contribution >= 0.6 is 0 Å². The van der Waals surface area contributed by atoms with Crippen molar-refractivity contribution in [2.45, 2.75) is 103 Å². The van der Waals surface area contributed by atoms with Crippen molar-refractivity contribution in [1.82, 2.24) is 0 Å². The molecule has 1 saturated heterocycles. The molecule has 0 aromatic heterocycles. The van der Waals surface area contributed by atoms with Crippen LogP contribution in [0.1, 0.15) is 66.9 Å². The Kier molecular flexibility index (Phi) is 9.01. The van der Waals surface area contributed by atoms with E-state index in [1.165, 1.54) is 26.0 Å². The van der Waals surface area contributed by atoms with Crippen molar-refractivity contribution in [3.8, 4) is 0 Å². The minimum atomic E-state index is -1.94. The molecule has 2 aliphatic carbocycles. The lowest BCUT2D eigenvalue weighted by molar-refractivity contribution is -0.344. The van der Waals surface area contributed by atoms with Crippen LogP contribution in [0.25, 0.3) is 6.08 Å². The Hall–Kier alpha value is -3.77. The molecule has 0 radical (unpaired) electrons. The molecular formula is C32H40O12. The van der Waals surface area contributed by atoms with Gasteiger partial charge in [-0.15, -0.1) is 0 Å². The molecule has 4 rings (SSSR count). The van der Waals surface area contributed by atoms with E-state index in [1.807, 2.05) is 6.07 Å². The predicted octanol–water partition coefficient (Wildman–Crippen LogP) is 2.68. The Balaban J connectivity index is 1.99. The minimum Gasteiger partial charge on any atom is -0.465 e. The summed E-state index contributed by atoms with van der Waals surface area (Å²) in [6, 6.07) is 8.95. The summed E-state index contributed by atoms with van der Waals surface area (Å²) in [6.07, 6.45) is -3.03. The van der Waals surface area contributed by atoms with Gasteiger partial charge in [-0.3, -0.25) is 19.2 Å². The summed E-state index contributed by atoms with van der Waals surface area (Å²) in [6.45, 7) is 9.01. The predicted molar refractivity (Wildman–Crippen MR) is 152 cm³/mol. The SMILES string of the molecule is CC(=O)OC[C@]12[C@H](OC(C)=O)[C@@H](OC(C)=O)[C@@H]3C[C@]1(OC3(C)C)[C@@](C)(O)C[C@H](OC(C)=O)[C@@H]2OC(=O)/C=C\c1ccccc1. The Bertz CT molecular complexity index is 1330. The number of aliphatic hydroxyl groups is 1. The molecule has 12 heteroatoms. The first-order chi connectivity index (χ1) is 20.5. The second-order valence-electron chi connectivity index (χ2n) is 12.5. The average Bonchev–Trinajstić information content (AvgIpc) is 3.17. The molecule has 1 spiro atoms. The number of hydrogen-bond acceptors (Lipinski definition) is 12. The highest BCUT2D eigenvalue weighted by molar-refractivity contribution is 5.87. The van der Waals surface area contributed by atoms with E-state index in [1.54, 1.807) is 38.1 Å². The molecule has 2 saturated carbocycles. The third kappa shape index (κ3) is 5.84. The van der Waals surface area contributed by atoms with Crippen LogP contribution in [-0.2, 0) is 52.4 Å². The summed E-state index contributed by atoms with van der Waals surface area (Å²) >= 11 is 0. The van der Waals surface area contributed by atoms with Gasteiger partial charge in [0.25, 0.3) is 0 Å². The van der Waals surface area contributed by atoms with Gasteiger partial charge in [0.05, 0.1) is 11.2 Å². The van der Waals surface area contributed by atoms with Gasteiger partial charge in [0.15, 0.2) is 12.2 Å². The highest BCUT2D eigenvalue weighted by Gasteiger charge is 2.84. The van der Waals surface area contributed by atoms with E-state index in [-0.39, 0.29) is 12.8 Å². The average molecular weight is 617 g/mol. The molecule has 1 aromatic carbocycles. The number of rotatable bonds is 8. The van der Waals surface area contributed by atoms with Gasteiger partial charge in [-0.05, 0) is 38.8 Å². The number of hydrogen-bond donors (Lipinski definition) is 1. The number of carbonyl (C=O) groups excluding carboxylic acids is 5. The molecule has 240 valence electrons. The Morgan fingerprint density at radius 2 is 1.45 bits per heavy atom. The number of carbonyl (C=O) groups is 5. The molecule has 12 nitrogen and oxygen atoms in total. The van der Waals surface area contributed by atoms with Gasteiger partial charge in [0.2, 0.25) is 0 Å². The summed E-state index contributed by atoms with van der Waals surface area (Å²) in [5.74, 6) is -4.43. The summed E-state index contributed by atoms with van der Waals surface area (Å²) < 4.78 is 35.8. The smallest absolute Gasteiger partial charge is 0.331 e. The van der Waals surface area contributed by atoms with E-state index in [0.29, 0.717) is 5.56 Å². The first kappa shape index (κ1) is 33.1. The quantitative estimate of drug-likeness (QED) is 0.259. The Morgan fingerprint density at radius 1 is 0.841 bits per heavy atom. The van der Waals surface area contributed by atoms with Gasteiger partial charge >= 0.3 is 29.8 Å². The fourth-order valence-corrected chi connectivity index (χ4v) is 7.45. The van der Waals surface area contributed by atoms with E-state index in [0.717, 1.165) is 20.8 Å². The van der Waals surface area contributed by atoms with E-state index < -0.39 is 89.0 Å². The van der Waals surface area contributed by atoms with Gasteiger partial charge in [-0.2, -0.15) is 0 Å². The lowest BCUT2D eigenvalue weighted by Crippen LogP contribution is -2.81. The summed E-state index contributed by atoms with van der Waals surface area (Å²) in [7, 11) is 0. The Labute approximate surface area is 255 Å². The number of benzene rings is 1. The maximum Gasteiger partial charge on any atom is 0.331 e. The van der Waals surface area contributed by atoms with Crippen LogP contribution in [0.15, 0.2) is 36.4 Å². The molecule has 1 N–H and O–H groups in total. The first-order valence-corrected chi connectivity index (χ1v) is 14.5.